The van der Waals surface area contributed by atoms with Crippen LogP contribution in [0, 0.1) is 0 Å². The predicted molar refractivity (Wildman–Crippen MR) is 49.0 cm³/mol. The maximum Gasteiger partial charge on any atom is 0.236 e. The monoisotopic (exact) mass is 170 g/mol. The number of nitrogens with zero attached hydrogens (tertiary/aromatic N) is 1. The largest absolute Gasteiger partial charge is 0.337 e. The molecular weight excluding hydrogens is 152 g/mol. The summed E-state index contributed by atoms with van der Waals surface area (Å²) in [7, 11) is 0. The Hall–Kier alpha value is -0.570. The van der Waals surface area contributed by atoms with Crippen molar-refractivity contribution in [3.8, 4) is 0 Å². The fourth-order valence-electron chi connectivity index (χ4n) is 1.74. The van der Waals surface area contributed by atoms with Crippen LogP contribution in [0.15, 0.2) is 0 Å². The van der Waals surface area contributed by atoms with E-state index in [1.165, 1.54) is 0 Å². The second-order valence-electron chi connectivity index (χ2n) is 3.23. The standard InChI is InChI=1S/C9H18N2O/c1-3-8(4-2)11-6-5-10-7-9(11)12/h8,10H,3-7H2,1-2H3. The Morgan fingerprint density at radius 1 is 1.50 bits per heavy atom. The summed E-state index contributed by atoms with van der Waals surface area (Å²) in [5, 5.41) is 3.08. The van der Waals surface area contributed by atoms with Crippen LogP contribution in [0.5, 0.6) is 0 Å². The Balaban J connectivity index is 2.51. The van der Waals surface area contributed by atoms with Crippen LogP contribution >= 0.6 is 0 Å². The van der Waals surface area contributed by atoms with Crippen LogP contribution in [0.2, 0.25) is 0 Å². The summed E-state index contributed by atoms with van der Waals surface area (Å²) in [6, 6.07) is 0.458. The number of carbonyl (C=O) groups excluding carboxylic acids is 1. The molecule has 12 heavy (non-hydrogen) atoms. The smallest absolute Gasteiger partial charge is 0.236 e. The van der Waals surface area contributed by atoms with E-state index in [0.717, 1.165) is 25.9 Å². The van der Waals surface area contributed by atoms with Crippen molar-refractivity contribution < 1.29 is 4.79 Å². The van der Waals surface area contributed by atoms with E-state index in [4.69, 9.17) is 0 Å². The summed E-state index contributed by atoms with van der Waals surface area (Å²) in [5.41, 5.74) is 0. The van der Waals surface area contributed by atoms with Gasteiger partial charge in [-0.05, 0) is 12.8 Å². The molecule has 1 saturated heterocycles. The van der Waals surface area contributed by atoms with Gasteiger partial charge in [-0.15, -0.1) is 0 Å². The number of rotatable bonds is 3. The van der Waals surface area contributed by atoms with Crippen molar-refractivity contribution in [1.29, 1.82) is 0 Å². The lowest BCUT2D eigenvalue weighted by Gasteiger charge is -2.33. The van der Waals surface area contributed by atoms with Crippen LogP contribution in [0.25, 0.3) is 0 Å². The van der Waals surface area contributed by atoms with Gasteiger partial charge in [0.25, 0.3) is 0 Å². The Morgan fingerprint density at radius 3 is 2.67 bits per heavy atom. The highest BCUT2D eigenvalue weighted by molar-refractivity contribution is 5.79. The fourth-order valence-corrected chi connectivity index (χ4v) is 1.74. The lowest BCUT2D eigenvalue weighted by molar-refractivity contribution is -0.134. The molecule has 0 atom stereocenters. The van der Waals surface area contributed by atoms with Crippen molar-refractivity contribution in [1.82, 2.24) is 10.2 Å². The Kier molecular flexibility index (Phi) is 3.53. The van der Waals surface area contributed by atoms with Gasteiger partial charge < -0.3 is 10.2 Å². The second-order valence-corrected chi connectivity index (χ2v) is 3.23. The third-order valence-corrected chi connectivity index (χ3v) is 2.51. The first kappa shape index (κ1) is 9.52. The molecule has 0 saturated carbocycles. The van der Waals surface area contributed by atoms with Gasteiger partial charge in [0.05, 0.1) is 6.54 Å². The van der Waals surface area contributed by atoms with Gasteiger partial charge in [0, 0.05) is 19.1 Å². The van der Waals surface area contributed by atoms with Gasteiger partial charge >= 0.3 is 0 Å². The zero-order valence-electron chi connectivity index (χ0n) is 7.97. The van der Waals surface area contributed by atoms with Gasteiger partial charge in [-0.3, -0.25) is 4.79 Å². The minimum Gasteiger partial charge on any atom is -0.337 e. The van der Waals surface area contributed by atoms with E-state index in [0.29, 0.717) is 12.6 Å². The molecule has 1 fully saturated rings. The lowest BCUT2D eigenvalue weighted by Crippen LogP contribution is -2.52. The van der Waals surface area contributed by atoms with Crippen LogP contribution in [0.1, 0.15) is 26.7 Å². The van der Waals surface area contributed by atoms with E-state index in [1.807, 2.05) is 4.90 Å². The first-order valence-corrected chi connectivity index (χ1v) is 4.79. The zero-order chi connectivity index (χ0) is 8.97. The molecule has 1 aliphatic heterocycles. The molecule has 0 aromatic carbocycles. The molecule has 0 aromatic heterocycles. The van der Waals surface area contributed by atoms with E-state index >= 15 is 0 Å². The van der Waals surface area contributed by atoms with Crippen molar-refractivity contribution in [3.05, 3.63) is 0 Å². The highest BCUT2D eigenvalue weighted by Crippen LogP contribution is 2.09. The molecule has 1 rings (SSSR count). The number of carbonyl (C=O) groups is 1. The van der Waals surface area contributed by atoms with Gasteiger partial charge in [0.15, 0.2) is 0 Å². The molecule has 1 heterocycles. The number of piperazine rings is 1. The van der Waals surface area contributed by atoms with Crippen molar-refractivity contribution in [2.75, 3.05) is 19.6 Å². The molecule has 1 N–H and O–H groups in total. The van der Waals surface area contributed by atoms with Crippen LogP contribution in [0.4, 0.5) is 0 Å². The topological polar surface area (TPSA) is 32.3 Å². The minimum atomic E-state index is 0.259. The van der Waals surface area contributed by atoms with Crippen LogP contribution in [-0.4, -0.2) is 36.5 Å². The molecule has 1 aliphatic rings. The molecule has 0 aromatic rings. The normalized spacial score (nSPS) is 18.9. The molecule has 1 amide bonds. The molecular formula is C9H18N2O. The first-order chi connectivity index (χ1) is 5.79. The SMILES string of the molecule is CCC(CC)N1CCNCC1=O. The summed E-state index contributed by atoms with van der Waals surface area (Å²) in [4.78, 5) is 13.4. The fraction of sp³-hybridized carbons (Fsp3) is 0.889. The van der Waals surface area contributed by atoms with Crippen molar-refractivity contribution in [3.63, 3.8) is 0 Å². The minimum absolute atomic E-state index is 0.259. The summed E-state index contributed by atoms with van der Waals surface area (Å²) in [6.45, 7) is 6.64. The van der Waals surface area contributed by atoms with E-state index in [9.17, 15) is 4.79 Å². The van der Waals surface area contributed by atoms with Gasteiger partial charge in [-0.25, -0.2) is 0 Å². The zero-order valence-corrected chi connectivity index (χ0v) is 7.97. The van der Waals surface area contributed by atoms with Gasteiger partial charge in [0.2, 0.25) is 5.91 Å². The van der Waals surface area contributed by atoms with E-state index in [-0.39, 0.29) is 5.91 Å². The molecule has 3 nitrogen and oxygen atoms in total. The van der Waals surface area contributed by atoms with Crippen LogP contribution in [0.3, 0.4) is 0 Å². The number of hydrogen-bond donors (Lipinski definition) is 1. The molecule has 3 heteroatoms. The van der Waals surface area contributed by atoms with Gasteiger partial charge in [-0.1, -0.05) is 13.8 Å². The van der Waals surface area contributed by atoms with E-state index in [2.05, 4.69) is 19.2 Å². The summed E-state index contributed by atoms with van der Waals surface area (Å²) in [5.74, 6) is 0.259. The summed E-state index contributed by atoms with van der Waals surface area (Å²) < 4.78 is 0. The van der Waals surface area contributed by atoms with Gasteiger partial charge in [0.1, 0.15) is 0 Å². The van der Waals surface area contributed by atoms with Crippen LogP contribution < -0.4 is 5.32 Å². The summed E-state index contributed by atoms with van der Waals surface area (Å²) in [6.07, 6.45) is 2.14. The quantitative estimate of drug-likeness (QED) is 0.673. The second kappa shape index (κ2) is 4.45. The predicted octanol–water partition coefficient (Wildman–Crippen LogP) is 0.607. The average molecular weight is 170 g/mol. The number of hydrogen-bond acceptors (Lipinski definition) is 2. The number of amides is 1. The number of nitrogens with one attached hydrogen (secondary N) is 1. The van der Waals surface area contributed by atoms with Crippen molar-refractivity contribution in [2.24, 2.45) is 0 Å². The van der Waals surface area contributed by atoms with E-state index in [1.54, 1.807) is 0 Å². The first-order valence-electron chi connectivity index (χ1n) is 4.79. The Bertz CT molecular complexity index is 155. The highest BCUT2D eigenvalue weighted by Gasteiger charge is 2.22. The third-order valence-electron chi connectivity index (χ3n) is 2.51. The maximum absolute atomic E-state index is 11.4. The van der Waals surface area contributed by atoms with Crippen molar-refractivity contribution >= 4 is 5.91 Å². The highest BCUT2D eigenvalue weighted by atomic mass is 16.2. The molecule has 0 aliphatic carbocycles. The maximum atomic E-state index is 11.4. The van der Waals surface area contributed by atoms with Crippen molar-refractivity contribution in [2.45, 2.75) is 32.7 Å². The Morgan fingerprint density at radius 2 is 2.17 bits per heavy atom. The summed E-state index contributed by atoms with van der Waals surface area (Å²) >= 11 is 0. The van der Waals surface area contributed by atoms with E-state index < -0.39 is 0 Å². The molecule has 70 valence electrons. The average Bonchev–Trinajstić information content (AvgIpc) is 2.10. The Labute approximate surface area is 74.1 Å². The third kappa shape index (κ3) is 1.97. The molecule has 0 spiro atoms. The van der Waals surface area contributed by atoms with Crippen LogP contribution in [-0.2, 0) is 4.79 Å². The van der Waals surface area contributed by atoms with Gasteiger partial charge in [-0.2, -0.15) is 0 Å². The lowest BCUT2D eigenvalue weighted by atomic mass is 10.1. The molecule has 0 unspecified atom stereocenters. The molecule has 0 radical (unpaired) electrons. The molecule has 0 bridgehead atoms.